The molecule has 1 aromatic heterocycles. The summed E-state index contributed by atoms with van der Waals surface area (Å²) in [4.78, 5) is 4.45. The maximum atomic E-state index is 6.27. The number of nitrogens with one attached hydrogen (secondary N) is 1. The first kappa shape index (κ1) is 20.1. The van der Waals surface area contributed by atoms with E-state index in [2.05, 4.69) is 28.5 Å². The van der Waals surface area contributed by atoms with Crippen LogP contribution in [0, 0.1) is 0 Å². The lowest BCUT2D eigenvalue weighted by Crippen LogP contribution is -2.11. The minimum Gasteiger partial charge on any atom is -0.457 e. The number of hydrogen-bond donors (Lipinski definition) is 1. The van der Waals surface area contributed by atoms with Gasteiger partial charge in [-0.1, -0.05) is 60.7 Å². The molecule has 0 saturated carbocycles. The Morgan fingerprint density at radius 1 is 0.676 bits per heavy atom. The fourth-order valence-electron chi connectivity index (χ4n) is 4.25. The number of rotatable bonds is 4. The van der Waals surface area contributed by atoms with Crippen molar-refractivity contribution in [3.63, 3.8) is 0 Å². The van der Waals surface area contributed by atoms with E-state index in [0.717, 1.165) is 51.1 Å². The highest BCUT2D eigenvalue weighted by Crippen LogP contribution is 2.42. The molecule has 6 rings (SSSR count). The van der Waals surface area contributed by atoms with E-state index >= 15 is 0 Å². The van der Waals surface area contributed by atoms with Gasteiger partial charge in [0, 0.05) is 17.3 Å². The first-order valence-electron chi connectivity index (χ1n) is 11.3. The SMILES string of the molecule is c1ccc(-c2cccc(Oc3cccc(C4Nc5ccccc5Oc5ccccc54)c3)c2)nc1. The van der Waals surface area contributed by atoms with Crippen molar-refractivity contribution >= 4 is 5.69 Å². The molecule has 1 atom stereocenters. The zero-order valence-electron chi connectivity index (χ0n) is 18.4. The third kappa shape index (κ3) is 3.97. The van der Waals surface area contributed by atoms with Gasteiger partial charge >= 0.3 is 0 Å². The third-order valence-corrected chi connectivity index (χ3v) is 5.86. The number of hydrogen-bond acceptors (Lipinski definition) is 4. The van der Waals surface area contributed by atoms with Gasteiger partial charge in [-0.15, -0.1) is 0 Å². The fourth-order valence-corrected chi connectivity index (χ4v) is 4.25. The molecule has 164 valence electrons. The highest BCUT2D eigenvalue weighted by atomic mass is 16.5. The molecule has 2 heterocycles. The molecule has 4 aromatic carbocycles. The van der Waals surface area contributed by atoms with E-state index in [0.29, 0.717) is 0 Å². The van der Waals surface area contributed by atoms with Crippen molar-refractivity contribution in [3.05, 3.63) is 133 Å². The van der Waals surface area contributed by atoms with E-state index < -0.39 is 0 Å². The number of nitrogens with zero attached hydrogens (tertiary/aromatic N) is 1. The number of fused-ring (bicyclic) bond motifs is 2. The van der Waals surface area contributed by atoms with Crippen LogP contribution in [-0.2, 0) is 0 Å². The molecule has 1 N–H and O–H groups in total. The Hall–Kier alpha value is -4.57. The topological polar surface area (TPSA) is 43.4 Å². The lowest BCUT2D eigenvalue weighted by atomic mass is 9.97. The van der Waals surface area contributed by atoms with Crippen LogP contribution in [0.4, 0.5) is 5.69 Å². The molecule has 0 amide bonds. The average molecular weight is 443 g/mol. The number of anilines is 1. The summed E-state index contributed by atoms with van der Waals surface area (Å²) in [7, 11) is 0. The third-order valence-electron chi connectivity index (χ3n) is 5.86. The maximum absolute atomic E-state index is 6.27. The van der Waals surface area contributed by atoms with Gasteiger partial charge in [-0.2, -0.15) is 0 Å². The molecule has 0 fully saturated rings. The summed E-state index contributed by atoms with van der Waals surface area (Å²) in [6, 6.07) is 38.2. The van der Waals surface area contributed by atoms with Gasteiger partial charge < -0.3 is 14.8 Å². The second-order valence-corrected chi connectivity index (χ2v) is 8.13. The predicted octanol–water partition coefficient (Wildman–Crippen LogP) is 7.85. The van der Waals surface area contributed by atoms with Gasteiger partial charge in [-0.25, -0.2) is 0 Å². The standard InChI is InChI=1S/C30H22N2O2/c1-3-16-28-25(13-1)30(32-27-15-2-4-17-29(27)34-28)22-10-8-12-24(20-22)33-23-11-7-9-21(19-23)26-14-5-6-18-31-26/h1-20,30,32H. The molecule has 1 unspecified atom stereocenters. The van der Waals surface area contributed by atoms with E-state index in [1.807, 2.05) is 97.1 Å². The lowest BCUT2D eigenvalue weighted by Gasteiger charge is -2.20. The first-order valence-corrected chi connectivity index (χ1v) is 11.3. The summed E-state index contributed by atoms with van der Waals surface area (Å²) in [5, 5.41) is 3.66. The van der Waals surface area contributed by atoms with Crippen LogP contribution in [0.5, 0.6) is 23.0 Å². The number of pyridine rings is 1. The summed E-state index contributed by atoms with van der Waals surface area (Å²) in [5.74, 6) is 3.20. The van der Waals surface area contributed by atoms with Crippen LogP contribution >= 0.6 is 0 Å². The molecule has 4 heteroatoms. The number of aromatic nitrogens is 1. The Labute approximate surface area is 198 Å². The van der Waals surface area contributed by atoms with Gasteiger partial charge in [-0.05, 0) is 60.2 Å². The second-order valence-electron chi connectivity index (χ2n) is 8.13. The number of benzene rings is 4. The summed E-state index contributed by atoms with van der Waals surface area (Å²) >= 11 is 0. The van der Waals surface area contributed by atoms with Crippen molar-refractivity contribution in [2.75, 3.05) is 5.32 Å². The molecule has 4 nitrogen and oxygen atoms in total. The van der Waals surface area contributed by atoms with E-state index in [9.17, 15) is 0 Å². The molecule has 5 aromatic rings. The second kappa shape index (κ2) is 8.75. The van der Waals surface area contributed by atoms with Crippen molar-refractivity contribution in [3.8, 4) is 34.3 Å². The zero-order valence-corrected chi connectivity index (χ0v) is 18.4. The molecule has 0 radical (unpaired) electrons. The van der Waals surface area contributed by atoms with E-state index in [1.165, 1.54) is 0 Å². The van der Waals surface area contributed by atoms with Crippen LogP contribution in [0.2, 0.25) is 0 Å². The summed E-state index contributed by atoms with van der Waals surface area (Å²) in [6.45, 7) is 0. The van der Waals surface area contributed by atoms with Crippen LogP contribution in [0.3, 0.4) is 0 Å². The van der Waals surface area contributed by atoms with Crippen LogP contribution in [-0.4, -0.2) is 4.98 Å². The van der Waals surface area contributed by atoms with Crippen LogP contribution < -0.4 is 14.8 Å². The number of para-hydroxylation sites is 3. The van der Waals surface area contributed by atoms with E-state index in [1.54, 1.807) is 6.20 Å². The highest BCUT2D eigenvalue weighted by Gasteiger charge is 2.24. The molecule has 0 bridgehead atoms. The minimum atomic E-state index is -0.0803. The molecule has 0 saturated heterocycles. The zero-order chi connectivity index (χ0) is 22.7. The maximum Gasteiger partial charge on any atom is 0.150 e. The minimum absolute atomic E-state index is 0.0803. The smallest absolute Gasteiger partial charge is 0.150 e. The Morgan fingerprint density at radius 2 is 1.44 bits per heavy atom. The monoisotopic (exact) mass is 442 g/mol. The van der Waals surface area contributed by atoms with E-state index in [-0.39, 0.29) is 6.04 Å². The lowest BCUT2D eigenvalue weighted by molar-refractivity contribution is 0.480. The van der Waals surface area contributed by atoms with Gasteiger partial charge in [0.2, 0.25) is 0 Å². The van der Waals surface area contributed by atoms with E-state index in [4.69, 9.17) is 9.47 Å². The van der Waals surface area contributed by atoms with Gasteiger partial charge in [0.15, 0.2) is 5.75 Å². The van der Waals surface area contributed by atoms with Gasteiger partial charge in [-0.3, -0.25) is 4.98 Å². The summed E-state index contributed by atoms with van der Waals surface area (Å²) in [5.41, 5.74) is 5.05. The van der Waals surface area contributed by atoms with Crippen molar-refractivity contribution in [2.45, 2.75) is 6.04 Å². The van der Waals surface area contributed by atoms with Crippen LogP contribution in [0.25, 0.3) is 11.3 Å². The van der Waals surface area contributed by atoms with Crippen molar-refractivity contribution in [2.24, 2.45) is 0 Å². The molecular formula is C30H22N2O2. The Kier molecular flexibility index (Phi) is 5.17. The van der Waals surface area contributed by atoms with Gasteiger partial charge in [0.05, 0.1) is 17.4 Å². The highest BCUT2D eigenvalue weighted by molar-refractivity contribution is 5.64. The Balaban J connectivity index is 1.34. The summed E-state index contributed by atoms with van der Waals surface area (Å²) < 4.78 is 12.5. The first-order chi connectivity index (χ1) is 16.8. The molecule has 1 aliphatic rings. The van der Waals surface area contributed by atoms with Gasteiger partial charge in [0.25, 0.3) is 0 Å². The summed E-state index contributed by atoms with van der Waals surface area (Å²) in [6.07, 6.45) is 1.80. The fraction of sp³-hybridized carbons (Fsp3) is 0.0333. The Morgan fingerprint density at radius 3 is 2.32 bits per heavy atom. The molecule has 34 heavy (non-hydrogen) atoms. The normalized spacial score (nSPS) is 14.1. The van der Waals surface area contributed by atoms with Crippen LogP contribution in [0.15, 0.2) is 121 Å². The average Bonchev–Trinajstić information content (AvgIpc) is 3.06. The number of ether oxygens (including phenoxy) is 2. The molecule has 0 spiro atoms. The van der Waals surface area contributed by atoms with Crippen molar-refractivity contribution in [1.82, 2.24) is 4.98 Å². The van der Waals surface area contributed by atoms with Gasteiger partial charge in [0.1, 0.15) is 17.2 Å². The predicted molar refractivity (Wildman–Crippen MR) is 135 cm³/mol. The van der Waals surface area contributed by atoms with Crippen LogP contribution in [0.1, 0.15) is 17.2 Å². The van der Waals surface area contributed by atoms with Crippen molar-refractivity contribution in [1.29, 1.82) is 0 Å². The molecular weight excluding hydrogens is 420 g/mol. The Bertz CT molecular complexity index is 1450. The molecule has 0 aliphatic carbocycles. The quantitative estimate of drug-likeness (QED) is 0.308. The van der Waals surface area contributed by atoms with Crippen molar-refractivity contribution < 1.29 is 9.47 Å². The molecule has 1 aliphatic heterocycles. The largest absolute Gasteiger partial charge is 0.457 e.